The van der Waals surface area contributed by atoms with E-state index in [2.05, 4.69) is 15.5 Å². The average Bonchev–Trinajstić information content (AvgIpc) is 2.72. The standard InChI is InChI=1S/C13H16N4O2/c1-2-4-10-11(14)12(17-16-10)13(19)15-8-5-3-6-9(18)7-8/h3,5-7,18H,2,4,14H2,1H3,(H,15,19)(H,16,17). The van der Waals surface area contributed by atoms with Gasteiger partial charge in [0.05, 0.1) is 11.4 Å². The average molecular weight is 260 g/mol. The first-order valence-electron chi connectivity index (χ1n) is 6.05. The fourth-order valence-corrected chi connectivity index (χ4v) is 1.77. The molecule has 0 radical (unpaired) electrons. The van der Waals surface area contributed by atoms with Gasteiger partial charge in [0, 0.05) is 11.8 Å². The molecule has 1 aromatic heterocycles. The molecule has 0 atom stereocenters. The zero-order valence-corrected chi connectivity index (χ0v) is 10.6. The van der Waals surface area contributed by atoms with E-state index in [1.54, 1.807) is 12.1 Å². The van der Waals surface area contributed by atoms with Crippen molar-refractivity contribution in [2.24, 2.45) is 0 Å². The van der Waals surface area contributed by atoms with Crippen molar-refractivity contribution >= 4 is 17.3 Å². The molecule has 0 bridgehead atoms. The molecular formula is C13H16N4O2. The van der Waals surface area contributed by atoms with E-state index in [1.165, 1.54) is 12.1 Å². The summed E-state index contributed by atoms with van der Waals surface area (Å²) in [6.45, 7) is 2.02. The third-order valence-electron chi connectivity index (χ3n) is 2.70. The van der Waals surface area contributed by atoms with Crippen LogP contribution in [-0.2, 0) is 6.42 Å². The van der Waals surface area contributed by atoms with Crippen LogP contribution in [0.25, 0.3) is 0 Å². The number of nitrogens with one attached hydrogen (secondary N) is 2. The maximum atomic E-state index is 12.0. The first-order valence-corrected chi connectivity index (χ1v) is 6.05. The van der Waals surface area contributed by atoms with E-state index < -0.39 is 5.91 Å². The number of aromatic amines is 1. The Morgan fingerprint density at radius 2 is 2.32 bits per heavy atom. The molecule has 1 aromatic carbocycles. The summed E-state index contributed by atoms with van der Waals surface area (Å²) in [6, 6.07) is 6.29. The number of benzene rings is 1. The van der Waals surface area contributed by atoms with Crippen LogP contribution in [0.5, 0.6) is 5.75 Å². The molecule has 6 nitrogen and oxygen atoms in total. The Kier molecular flexibility index (Phi) is 3.70. The van der Waals surface area contributed by atoms with Crippen LogP contribution >= 0.6 is 0 Å². The van der Waals surface area contributed by atoms with Crippen LogP contribution in [0, 0.1) is 0 Å². The quantitative estimate of drug-likeness (QED) is 0.674. The molecule has 19 heavy (non-hydrogen) atoms. The highest BCUT2D eigenvalue weighted by Crippen LogP contribution is 2.19. The molecule has 6 heteroatoms. The molecular weight excluding hydrogens is 244 g/mol. The van der Waals surface area contributed by atoms with Gasteiger partial charge in [0.2, 0.25) is 0 Å². The first-order chi connectivity index (χ1) is 9.11. The highest BCUT2D eigenvalue weighted by Gasteiger charge is 2.16. The van der Waals surface area contributed by atoms with Crippen molar-refractivity contribution in [1.29, 1.82) is 0 Å². The predicted molar refractivity (Wildman–Crippen MR) is 73.1 cm³/mol. The molecule has 0 unspecified atom stereocenters. The summed E-state index contributed by atoms with van der Waals surface area (Å²) in [5, 5.41) is 18.7. The molecule has 0 aliphatic carbocycles. The van der Waals surface area contributed by atoms with E-state index in [4.69, 9.17) is 5.73 Å². The number of carbonyl (C=O) groups excluding carboxylic acids is 1. The second-order valence-electron chi connectivity index (χ2n) is 4.22. The molecule has 0 saturated carbocycles. The van der Waals surface area contributed by atoms with E-state index >= 15 is 0 Å². The van der Waals surface area contributed by atoms with Gasteiger partial charge in [0.15, 0.2) is 5.69 Å². The maximum Gasteiger partial charge on any atom is 0.278 e. The number of nitrogen functional groups attached to an aromatic ring is 1. The zero-order chi connectivity index (χ0) is 13.8. The summed E-state index contributed by atoms with van der Waals surface area (Å²) in [5.41, 5.74) is 7.67. The van der Waals surface area contributed by atoms with Crippen LogP contribution in [0.2, 0.25) is 0 Å². The lowest BCUT2D eigenvalue weighted by Crippen LogP contribution is -2.14. The monoisotopic (exact) mass is 260 g/mol. The predicted octanol–water partition coefficient (Wildman–Crippen LogP) is 1.90. The van der Waals surface area contributed by atoms with E-state index in [0.717, 1.165) is 18.5 Å². The van der Waals surface area contributed by atoms with Gasteiger partial charge in [-0.3, -0.25) is 9.89 Å². The number of phenolic OH excluding ortho intramolecular Hbond substituents is 1. The van der Waals surface area contributed by atoms with Crippen molar-refractivity contribution in [1.82, 2.24) is 10.2 Å². The molecule has 0 saturated heterocycles. The zero-order valence-electron chi connectivity index (χ0n) is 10.6. The molecule has 5 N–H and O–H groups in total. The fraction of sp³-hybridized carbons (Fsp3) is 0.231. The van der Waals surface area contributed by atoms with Crippen molar-refractivity contribution in [3.8, 4) is 5.75 Å². The number of aryl methyl sites for hydroxylation is 1. The van der Waals surface area contributed by atoms with Gasteiger partial charge in [-0.05, 0) is 18.6 Å². The number of carbonyl (C=O) groups is 1. The van der Waals surface area contributed by atoms with Crippen LogP contribution in [-0.4, -0.2) is 21.2 Å². The van der Waals surface area contributed by atoms with Gasteiger partial charge in [0.25, 0.3) is 5.91 Å². The van der Waals surface area contributed by atoms with Crippen molar-refractivity contribution in [2.45, 2.75) is 19.8 Å². The van der Waals surface area contributed by atoms with Gasteiger partial charge >= 0.3 is 0 Å². The largest absolute Gasteiger partial charge is 0.508 e. The van der Waals surface area contributed by atoms with Gasteiger partial charge in [-0.2, -0.15) is 5.10 Å². The first kappa shape index (κ1) is 12.9. The van der Waals surface area contributed by atoms with Crippen LogP contribution in [0.4, 0.5) is 11.4 Å². The van der Waals surface area contributed by atoms with Gasteiger partial charge in [0.1, 0.15) is 5.75 Å². The molecule has 2 rings (SSSR count). The number of hydrogen-bond donors (Lipinski definition) is 4. The number of aromatic hydroxyl groups is 1. The van der Waals surface area contributed by atoms with Crippen molar-refractivity contribution < 1.29 is 9.90 Å². The summed E-state index contributed by atoms with van der Waals surface area (Å²) in [6.07, 6.45) is 1.66. The molecule has 1 amide bonds. The lowest BCUT2D eigenvalue weighted by atomic mass is 10.2. The SMILES string of the molecule is CCCc1[nH]nc(C(=O)Nc2cccc(O)c2)c1N. The highest BCUT2D eigenvalue weighted by atomic mass is 16.3. The number of aromatic nitrogens is 2. The summed E-state index contributed by atoms with van der Waals surface area (Å²) in [7, 11) is 0. The summed E-state index contributed by atoms with van der Waals surface area (Å²) in [5.74, 6) is -0.318. The minimum absolute atomic E-state index is 0.0828. The van der Waals surface area contributed by atoms with Crippen LogP contribution < -0.4 is 11.1 Å². The number of hydrogen-bond acceptors (Lipinski definition) is 4. The van der Waals surface area contributed by atoms with Crippen molar-refractivity contribution in [3.05, 3.63) is 35.7 Å². The second kappa shape index (κ2) is 5.43. The number of H-pyrrole nitrogens is 1. The normalized spacial score (nSPS) is 10.4. The molecule has 0 aliphatic heterocycles. The Labute approximate surface area is 110 Å². The summed E-state index contributed by atoms with van der Waals surface area (Å²) < 4.78 is 0. The number of amides is 1. The lowest BCUT2D eigenvalue weighted by molar-refractivity contribution is 0.102. The Bertz CT molecular complexity index is 592. The van der Waals surface area contributed by atoms with Crippen molar-refractivity contribution in [2.75, 3.05) is 11.1 Å². The van der Waals surface area contributed by atoms with Crippen LogP contribution in [0.1, 0.15) is 29.5 Å². The number of nitrogens with zero attached hydrogens (tertiary/aromatic N) is 1. The molecule has 0 fully saturated rings. The Morgan fingerprint density at radius 3 is 3.00 bits per heavy atom. The van der Waals surface area contributed by atoms with Crippen molar-refractivity contribution in [3.63, 3.8) is 0 Å². The van der Waals surface area contributed by atoms with E-state index in [9.17, 15) is 9.90 Å². The molecule has 2 aromatic rings. The summed E-state index contributed by atoms with van der Waals surface area (Å²) >= 11 is 0. The van der Waals surface area contributed by atoms with E-state index in [1.807, 2.05) is 6.92 Å². The maximum absolute atomic E-state index is 12.0. The number of rotatable bonds is 4. The Balaban J connectivity index is 2.16. The third kappa shape index (κ3) is 2.85. The van der Waals surface area contributed by atoms with Gasteiger partial charge < -0.3 is 16.2 Å². The minimum atomic E-state index is -0.401. The second-order valence-corrected chi connectivity index (χ2v) is 4.22. The van der Waals surface area contributed by atoms with Crippen LogP contribution in [0.3, 0.4) is 0 Å². The number of anilines is 2. The Hall–Kier alpha value is -2.50. The number of phenols is 1. The third-order valence-corrected chi connectivity index (χ3v) is 2.70. The van der Waals surface area contributed by atoms with Gasteiger partial charge in [-0.15, -0.1) is 0 Å². The number of nitrogens with two attached hydrogens (primary N) is 1. The topological polar surface area (TPSA) is 104 Å². The molecule has 1 heterocycles. The fourth-order valence-electron chi connectivity index (χ4n) is 1.77. The van der Waals surface area contributed by atoms with Crippen LogP contribution in [0.15, 0.2) is 24.3 Å². The lowest BCUT2D eigenvalue weighted by Gasteiger charge is -2.04. The summed E-state index contributed by atoms with van der Waals surface area (Å²) in [4.78, 5) is 12.0. The van der Waals surface area contributed by atoms with E-state index in [0.29, 0.717) is 11.4 Å². The Morgan fingerprint density at radius 1 is 1.53 bits per heavy atom. The van der Waals surface area contributed by atoms with Gasteiger partial charge in [-0.25, -0.2) is 0 Å². The minimum Gasteiger partial charge on any atom is -0.508 e. The molecule has 100 valence electrons. The van der Waals surface area contributed by atoms with E-state index in [-0.39, 0.29) is 11.4 Å². The molecule has 0 aliphatic rings. The molecule has 0 spiro atoms. The smallest absolute Gasteiger partial charge is 0.278 e. The highest BCUT2D eigenvalue weighted by molar-refractivity contribution is 6.06. The van der Waals surface area contributed by atoms with Gasteiger partial charge in [-0.1, -0.05) is 19.4 Å².